The second kappa shape index (κ2) is 6.27. The molecule has 0 saturated carbocycles. The highest BCUT2D eigenvalue weighted by Crippen LogP contribution is 2.19. The van der Waals surface area contributed by atoms with Crippen LogP contribution in [0.5, 0.6) is 5.75 Å². The van der Waals surface area contributed by atoms with E-state index in [0.717, 1.165) is 15.9 Å². The van der Waals surface area contributed by atoms with Gasteiger partial charge in [-0.1, -0.05) is 12.1 Å². The summed E-state index contributed by atoms with van der Waals surface area (Å²) in [5.74, 6) is 1.23. The zero-order valence-corrected chi connectivity index (χ0v) is 15.2. The number of benzene rings is 1. The summed E-state index contributed by atoms with van der Waals surface area (Å²) in [6, 6.07) is 7.58. The van der Waals surface area contributed by atoms with E-state index in [9.17, 15) is 9.59 Å². The van der Waals surface area contributed by atoms with Crippen LogP contribution in [-0.2, 0) is 20.6 Å². The standard InChI is InChI=1S/C18H18N6O3/c1-21-15-14(16(25)22(2)18(21)26)24(17(20-15)23-8-7-19-11-23)10-12-5-4-6-13(9-12)27-3/h4-9,11H,10H2,1-3H3. The Kier molecular flexibility index (Phi) is 3.91. The maximum Gasteiger partial charge on any atom is 0.332 e. The van der Waals surface area contributed by atoms with E-state index in [2.05, 4.69) is 9.97 Å². The Morgan fingerprint density at radius 3 is 2.67 bits per heavy atom. The third-order valence-electron chi connectivity index (χ3n) is 4.54. The fourth-order valence-electron chi connectivity index (χ4n) is 3.11. The van der Waals surface area contributed by atoms with Crippen LogP contribution in [0.2, 0.25) is 0 Å². The number of rotatable bonds is 4. The van der Waals surface area contributed by atoms with Crippen LogP contribution in [0.15, 0.2) is 52.6 Å². The van der Waals surface area contributed by atoms with Gasteiger partial charge in [-0.15, -0.1) is 0 Å². The van der Waals surface area contributed by atoms with Crippen LogP contribution < -0.4 is 16.0 Å². The van der Waals surface area contributed by atoms with Crippen LogP contribution in [0.3, 0.4) is 0 Å². The molecule has 9 heteroatoms. The van der Waals surface area contributed by atoms with Crippen molar-refractivity contribution in [1.82, 2.24) is 28.2 Å². The molecule has 9 nitrogen and oxygen atoms in total. The molecule has 27 heavy (non-hydrogen) atoms. The van der Waals surface area contributed by atoms with Crippen molar-refractivity contribution in [2.75, 3.05) is 7.11 Å². The van der Waals surface area contributed by atoms with E-state index in [4.69, 9.17) is 4.74 Å². The van der Waals surface area contributed by atoms with E-state index < -0.39 is 11.2 Å². The summed E-state index contributed by atoms with van der Waals surface area (Å²) in [5.41, 5.74) is 0.803. The second-order valence-electron chi connectivity index (χ2n) is 6.20. The summed E-state index contributed by atoms with van der Waals surface area (Å²) >= 11 is 0. The Labute approximate surface area is 153 Å². The average Bonchev–Trinajstić information content (AvgIpc) is 3.33. The molecule has 1 aromatic carbocycles. The SMILES string of the molecule is COc1cccc(Cn2c(-n3ccnc3)nc3c2c(=O)n(C)c(=O)n3C)c1. The Hall–Kier alpha value is -3.62. The van der Waals surface area contributed by atoms with E-state index in [-0.39, 0.29) is 0 Å². The topological polar surface area (TPSA) is 88.9 Å². The van der Waals surface area contributed by atoms with Gasteiger partial charge in [-0.25, -0.2) is 9.78 Å². The van der Waals surface area contributed by atoms with Gasteiger partial charge >= 0.3 is 5.69 Å². The average molecular weight is 366 g/mol. The highest BCUT2D eigenvalue weighted by molar-refractivity contribution is 5.73. The quantitative estimate of drug-likeness (QED) is 0.530. The maximum absolute atomic E-state index is 12.9. The predicted molar refractivity (Wildman–Crippen MR) is 99.4 cm³/mol. The molecule has 3 heterocycles. The van der Waals surface area contributed by atoms with Gasteiger partial charge in [0.1, 0.15) is 12.1 Å². The van der Waals surface area contributed by atoms with Crippen LogP contribution in [0.1, 0.15) is 5.56 Å². The second-order valence-corrected chi connectivity index (χ2v) is 6.20. The van der Waals surface area contributed by atoms with Crippen LogP contribution in [0.4, 0.5) is 0 Å². The molecule has 0 amide bonds. The number of hydrogen-bond acceptors (Lipinski definition) is 5. The van der Waals surface area contributed by atoms with Crippen molar-refractivity contribution in [2.45, 2.75) is 6.54 Å². The van der Waals surface area contributed by atoms with Crippen molar-refractivity contribution in [3.05, 3.63) is 69.4 Å². The van der Waals surface area contributed by atoms with Crippen LogP contribution in [0.25, 0.3) is 17.1 Å². The molecule has 0 N–H and O–H groups in total. The lowest BCUT2D eigenvalue weighted by atomic mass is 10.2. The number of methoxy groups -OCH3 is 1. The van der Waals surface area contributed by atoms with Gasteiger partial charge in [0.05, 0.1) is 13.7 Å². The fourth-order valence-corrected chi connectivity index (χ4v) is 3.11. The van der Waals surface area contributed by atoms with Crippen molar-refractivity contribution in [1.29, 1.82) is 0 Å². The van der Waals surface area contributed by atoms with Crippen LogP contribution in [0, 0.1) is 0 Å². The molecule has 0 fully saturated rings. The molecular weight excluding hydrogens is 348 g/mol. The molecule has 138 valence electrons. The first-order valence-electron chi connectivity index (χ1n) is 8.28. The van der Waals surface area contributed by atoms with Crippen molar-refractivity contribution in [2.24, 2.45) is 14.1 Å². The summed E-state index contributed by atoms with van der Waals surface area (Å²) in [6.45, 7) is 0.384. The monoisotopic (exact) mass is 366 g/mol. The summed E-state index contributed by atoms with van der Waals surface area (Å²) in [4.78, 5) is 33.8. The van der Waals surface area contributed by atoms with Gasteiger partial charge in [0.25, 0.3) is 5.56 Å². The van der Waals surface area contributed by atoms with Gasteiger partial charge in [0.15, 0.2) is 11.2 Å². The number of nitrogens with zero attached hydrogens (tertiary/aromatic N) is 6. The number of imidazole rings is 2. The number of aromatic nitrogens is 6. The number of fused-ring (bicyclic) bond motifs is 1. The summed E-state index contributed by atoms with van der Waals surface area (Å²) in [6.07, 6.45) is 4.98. The summed E-state index contributed by atoms with van der Waals surface area (Å²) < 4.78 is 11.2. The molecule has 4 aromatic rings. The summed E-state index contributed by atoms with van der Waals surface area (Å²) in [5, 5.41) is 0. The van der Waals surface area contributed by atoms with Gasteiger partial charge < -0.3 is 4.74 Å². The van der Waals surface area contributed by atoms with Gasteiger partial charge in [0, 0.05) is 26.5 Å². The molecule has 0 aliphatic carbocycles. The Balaban J connectivity index is 2.03. The Morgan fingerprint density at radius 2 is 1.96 bits per heavy atom. The molecule has 0 aliphatic heterocycles. The highest BCUT2D eigenvalue weighted by atomic mass is 16.5. The molecular formula is C18H18N6O3. The van der Waals surface area contributed by atoms with Crippen LogP contribution >= 0.6 is 0 Å². The van der Waals surface area contributed by atoms with Gasteiger partial charge in [-0.3, -0.25) is 23.1 Å². The number of aryl methyl sites for hydroxylation is 1. The lowest BCUT2D eigenvalue weighted by molar-refractivity contribution is 0.414. The van der Waals surface area contributed by atoms with Gasteiger partial charge in [0.2, 0.25) is 5.95 Å². The maximum atomic E-state index is 12.9. The number of hydrogen-bond donors (Lipinski definition) is 0. The Bertz CT molecular complexity index is 1250. The lowest BCUT2D eigenvalue weighted by Crippen LogP contribution is -2.37. The van der Waals surface area contributed by atoms with E-state index in [1.807, 2.05) is 24.3 Å². The molecule has 0 unspecified atom stereocenters. The predicted octanol–water partition coefficient (Wildman–Crippen LogP) is 0.676. The zero-order valence-electron chi connectivity index (χ0n) is 15.2. The molecule has 0 radical (unpaired) electrons. The summed E-state index contributed by atoms with van der Waals surface area (Å²) in [7, 11) is 4.67. The fraction of sp³-hybridized carbons (Fsp3) is 0.222. The normalized spacial score (nSPS) is 11.2. The van der Waals surface area contributed by atoms with Crippen LogP contribution in [-0.4, -0.2) is 35.3 Å². The third-order valence-corrected chi connectivity index (χ3v) is 4.54. The lowest BCUT2D eigenvalue weighted by Gasteiger charge is -2.11. The minimum atomic E-state index is -0.421. The van der Waals surface area contributed by atoms with Crippen molar-refractivity contribution in [3.63, 3.8) is 0 Å². The first kappa shape index (κ1) is 16.8. The molecule has 0 aliphatic rings. The zero-order chi connectivity index (χ0) is 19.1. The molecule has 0 spiro atoms. The van der Waals surface area contributed by atoms with Crippen molar-refractivity contribution in [3.8, 4) is 11.7 Å². The van der Waals surface area contributed by atoms with E-state index in [1.54, 1.807) is 42.0 Å². The molecule has 0 atom stereocenters. The van der Waals surface area contributed by atoms with Crippen molar-refractivity contribution >= 4 is 11.2 Å². The first-order chi connectivity index (χ1) is 13.0. The first-order valence-corrected chi connectivity index (χ1v) is 8.28. The number of ether oxygens (including phenoxy) is 1. The minimum absolute atomic E-state index is 0.328. The van der Waals surface area contributed by atoms with Crippen molar-refractivity contribution < 1.29 is 4.74 Å². The van der Waals surface area contributed by atoms with E-state index >= 15 is 0 Å². The van der Waals surface area contributed by atoms with E-state index in [0.29, 0.717) is 23.7 Å². The molecule has 0 saturated heterocycles. The largest absolute Gasteiger partial charge is 0.497 e. The third kappa shape index (κ3) is 2.64. The van der Waals surface area contributed by atoms with Gasteiger partial charge in [-0.2, -0.15) is 4.98 Å². The smallest absolute Gasteiger partial charge is 0.332 e. The molecule has 0 bridgehead atoms. The minimum Gasteiger partial charge on any atom is -0.497 e. The van der Waals surface area contributed by atoms with Gasteiger partial charge in [-0.05, 0) is 17.7 Å². The molecule has 4 rings (SSSR count). The molecule has 3 aromatic heterocycles. The van der Waals surface area contributed by atoms with E-state index in [1.165, 1.54) is 11.6 Å². The highest BCUT2D eigenvalue weighted by Gasteiger charge is 2.20. The Morgan fingerprint density at radius 1 is 1.15 bits per heavy atom.